The lowest BCUT2D eigenvalue weighted by molar-refractivity contribution is -0.359. The van der Waals surface area contributed by atoms with Crippen LogP contribution in [-0.2, 0) is 23.7 Å². The quantitative estimate of drug-likeness (QED) is 0.0204. The van der Waals surface area contributed by atoms with Gasteiger partial charge in [-0.25, -0.2) is 0 Å². The van der Waals surface area contributed by atoms with Gasteiger partial charge in [0, 0.05) is 6.42 Å². The molecule has 12 unspecified atom stereocenters. The third-order valence-corrected chi connectivity index (χ3v) is 20.4. The Morgan fingerprint density at radius 2 is 0.688 bits per heavy atom. The molecule has 2 heterocycles. The number of allylic oxidation sites excluding steroid dienone is 6. The van der Waals surface area contributed by atoms with E-state index in [-0.39, 0.29) is 12.5 Å². The highest BCUT2D eigenvalue weighted by molar-refractivity contribution is 5.76. The second-order valence-electron chi connectivity index (χ2n) is 29.3. The van der Waals surface area contributed by atoms with E-state index in [0.29, 0.717) is 12.8 Å². The van der Waals surface area contributed by atoms with Crippen molar-refractivity contribution in [2.24, 2.45) is 0 Å². The molecular formula is C82H155NO13. The van der Waals surface area contributed by atoms with Gasteiger partial charge < -0.3 is 65.1 Å². The highest BCUT2D eigenvalue weighted by Gasteiger charge is 2.51. The van der Waals surface area contributed by atoms with Crippen LogP contribution in [-0.4, -0.2) is 140 Å². The molecule has 1 amide bonds. The SMILES string of the molecule is CCCCCCC/C=C\C/C=C\C/C=C\CCCCCCCCCCCCCCCCCCCCC(=O)NC(COC1OC(CO)C(OC2OC(CO)C(O)C(O)C2O)C(O)C1O)C(O)CCCCCCCCCCCCCCCCCCCCCCCCCCCCCCC. The lowest BCUT2D eigenvalue weighted by atomic mass is 9.97. The van der Waals surface area contributed by atoms with Crippen LogP contribution in [0.1, 0.15) is 386 Å². The van der Waals surface area contributed by atoms with E-state index in [2.05, 4.69) is 55.6 Å². The Balaban J connectivity index is 1.59. The van der Waals surface area contributed by atoms with Crippen LogP contribution in [0.3, 0.4) is 0 Å². The van der Waals surface area contributed by atoms with Crippen molar-refractivity contribution in [2.75, 3.05) is 19.8 Å². The largest absolute Gasteiger partial charge is 0.394 e. The minimum absolute atomic E-state index is 0.199. The molecule has 0 bridgehead atoms. The first-order valence-corrected chi connectivity index (χ1v) is 41.2. The predicted octanol–water partition coefficient (Wildman–Crippen LogP) is 18.8. The van der Waals surface area contributed by atoms with E-state index in [1.165, 1.54) is 295 Å². The fourth-order valence-electron chi connectivity index (χ4n) is 13.8. The summed E-state index contributed by atoms with van der Waals surface area (Å²) in [4.78, 5) is 13.4. The fraction of sp³-hybridized carbons (Fsp3) is 0.915. The van der Waals surface area contributed by atoms with E-state index in [4.69, 9.17) is 18.9 Å². The molecule has 566 valence electrons. The minimum Gasteiger partial charge on any atom is -0.394 e. The molecule has 2 rings (SSSR count). The summed E-state index contributed by atoms with van der Waals surface area (Å²) in [5.74, 6) is -0.199. The van der Waals surface area contributed by atoms with Crippen molar-refractivity contribution in [3.63, 3.8) is 0 Å². The van der Waals surface area contributed by atoms with Gasteiger partial charge in [0.25, 0.3) is 0 Å². The summed E-state index contributed by atoms with van der Waals surface area (Å²) in [7, 11) is 0. The summed E-state index contributed by atoms with van der Waals surface area (Å²) in [6.45, 7) is 2.92. The van der Waals surface area contributed by atoms with Crippen LogP contribution in [0, 0.1) is 0 Å². The van der Waals surface area contributed by atoms with Crippen molar-refractivity contribution in [1.29, 1.82) is 0 Å². The zero-order valence-electron chi connectivity index (χ0n) is 62.1. The molecule has 2 aliphatic heterocycles. The van der Waals surface area contributed by atoms with Crippen LogP contribution in [0.4, 0.5) is 0 Å². The summed E-state index contributed by atoms with van der Waals surface area (Å²) >= 11 is 0. The number of nitrogens with one attached hydrogen (secondary N) is 1. The van der Waals surface area contributed by atoms with Crippen molar-refractivity contribution in [2.45, 2.75) is 460 Å². The summed E-state index contributed by atoms with van der Waals surface area (Å²) < 4.78 is 23.0. The van der Waals surface area contributed by atoms with Gasteiger partial charge in [-0.2, -0.15) is 0 Å². The van der Waals surface area contributed by atoms with Crippen LogP contribution in [0.2, 0.25) is 0 Å². The molecule has 12 atom stereocenters. The number of aliphatic hydroxyl groups excluding tert-OH is 8. The van der Waals surface area contributed by atoms with Gasteiger partial charge in [0.2, 0.25) is 5.91 Å². The number of amides is 1. The van der Waals surface area contributed by atoms with E-state index < -0.39 is 86.8 Å². The van der Waals surface area contributed by atoms with E-state index in [9.17, 15) is 45.6 Å². The first kappa shape index (κ1) is 90.3. The zero-order chi connectivity index (χ0) is 69.4. The number of rotatable bonds is 70. The fourth-order valence-corrected chi connectivity index (χ4v) is 13.8. The predicted molar refractivity (Wildman–Crippen MR) is 397 cm³/mol. The molecule has 0 saturated carbocycles. The molecule has 9 N–H and O–H groups in total. The third kappa shape index (κ3) is 48.9. The molecule has 96 heavy (non-hydrogen) atoms. The first-order chi connectivity index (χ1) is 47.1. The summed E-state index contributed by atoms with van der Waals surface area (Å²) in [6, 6.07) is -0.830. The van der Waals surface area contributed by atoms with Gasteiger partial charge in [0.15, 0.2) is 12.6 Å². The molecule has 0 spiro atoms. The van der Waals surface area contributed by atoms with Crippen LogP contribution >= 0.6 is 0 Å². The second-order valence-corrected chi connectivity index (χ2v) is 29.3. The van der Waals surface area contributed by atoms with Gasteiger partial charge in [0.1, 0.15) is 48.8 Å². The monoisotopic (exact) mass is 1360 g/mol. The molecular weight excluding hydrogens is 1210 g/mol. The third-order valence-electron chi connectivity index (χ3n) is 20.4. The summed E-state index contributed by atoms with van der Waals surface area (Å²) in [5, 5.41) is 87.9. The van der Waals surface area contributed by atoms with E-state index in [1.807, 2.05) is 0 Å². The topological polar surface area (TPSA) is 228 Å². The van der Waals surface area contributed by atoms with E-state index in [1.54, 1.807) is 0 Å². The highest BCUT2D eigenvalue weighted by Crippen LogP contribution is 2.30. The highest BCUT2D eigenvalue weighted by atomic mass is 16.7. The van der Waals surface area contributed by atoms with Gasteiger partial charge in [-0.1, -0.05) is 365 Å². The molecule has 0 radical (unpaired) electrons. The van der Waals surface area contributed by atoms with Gasteiger partial charge >= 0.3 is 0 Å². The number of aliphatic hydroxyl groups is 8. The standard InChI is InChI=1S/C82H155NO13/c1-3-5-7-9-11-13-15-17-19-21-23-25-27-29-31-33-34-35-36-38-40-42-44-46-48-50-52-54-56-58-60-62-64-66-74(87)83-70(69-93-81-79(92)77(90)80(73(68-85)95-81)96-82-78(91)76(89)75(88)72(67-84)94-82)71(86)65-63-61-59-57-55-53-51-49-47-45-43-41-39-37-32-30-28-26-24-22-20-18-16-14-12-10-8-6-4-2/h15,17,21,23,27,29,70-73,75-82,84-86,88-92H,3-14,16,18-20,22,24-26,28,30-69H2,1-2H3,(H,83,87)/b17-15-,23-21-,29-27-. The van der Waals surface area contributed by atoms with Crippen molar-refractivity contribution >= 4 is 5.91 Å². The average Bonchev–Trinajstić information content (AvgIpc) is 0.812. The van der Waals surface area contributed by atoms with Gasteiger partial charge in [-0.15, -0.1) is 0 Å². The minimum atomic E-state index is -1.78. The van der Waals surface area contributed by atoms with Crippen molar-refractivity contribution in [1.82, 2.24) is 5.32 Å². The van der Waals surface area contributed by atoms with Crippen molar-refractivity contribution < 1.29 is 64.6 Å². The Bertz CT molecular complexity index is 1750. The van der Waals surface area contributed by atoms with Crippen LogP contribution in [0.5, 0.6) is 0 Å². The second kappa shape index (κ2) is 66.4. The summed E-state index contributed by atoms with van der Waals surface area (Å²) in [5.41, 5.74) is 0. The van der Waals surface area contributed by atoms with E-state index in [0.717, 1.165) is 64.2 Å². The van der Waals surface area contributed by atoms with E-state index >= 15 is 0 Å². The Hall–Kier alpha value is -1.79. The van der Waals surface area contributed by atoms with Crippen molar-refractivity contribution in [3.05, 3.63) is 36.5 Å². The van der Waals surface area contributed by atoms with Gasteiger partial charge in [-0.3, -0.25) is 4.79 Å². The van der Waals surface area contributed by atoms with Crippen molar-refractivity contribution in [3.8, 4) is 0 Å². The van der Waals surface area contributed by atoms with Gasteiger partial charge in [0.05, 0.1) is 32.0 Å². The normalized spacial score (nSPS) is 22.4. The number of unbranched alkanes of at least 4 members (excludes halogenated alkanes) is 51. The number of carbonyl (C=O) groups excluding carboxylic acids is 1. The molecule has 0 aromatic heterocycles. The number of carbonyl (C=O) groups is 1. The smallest absolute Gasteiger partial charge is 0.220 e. The molecule has 14 nitrogen and oxygen atoms in total. The van der Waals surface area contributed by atoms with Crippen LogP contribution in [0.15, 0.2) is 36.5 Å². The molecule has 2 fully saturated rings. The molecule has 2 aliphatic rings. The molecule has 0 aromatic carbocycles. The average molecular weight is 1360 g/mol. The lowest BCUT2D eigenvalue weighted by Gasteiger charge is -2.46. The number of hydrogen-bond donors (Lipinski definition) is 9. The maximum absolute atomic E-state index is 13.4. The maximum Gasteiger partial charge on any atom is 0.220 e. The van der Waals surface area contributed by atoms with Crippen LogP contribution < -0.4 is 5.32 Å². The first-order valence-electron chi connectivity index (χ1n) is 41.2. The molecule has 14 heteroatoms. The summed E-state index contributed by atoms with van der Waals surface area (Å²) in [6.07, 6.45) is 70.4. The van der Waals surface area contributed by atoms with Crippen LogP contribution in [0.25, 0.3) is 0 Å². The molecule has 0 aliphatic carbocycles. The molecule has 0 aromatic rings. The van der Waals surface area contributed by atoms with Gasteiger partial charge in [-0.05, 0) is 51.4 Å². The zero-order valence-corrected chi connectivity index (χ0v) is 62.1. The Morgan fingerprint density at radius 1 is 0.375 bits per heavy atom. The maximum atomic E-state index is 13.4. The Kier molecular flexibility index (Phi) is 62.5. The number of hydrogen-bond acceptors (Lipinski definition) is 13. The Labute approximate surface area is 589 Å². The number of ether oxygens (including phenoxy) is 4. The molecule has 2 saturated heterocycles. The lowest BCUT2D eigenvalue weighted by Crippen LogP contribution is -2.65. The Morgan fingerprint density at radius 3 is 1.05 bits per heavy atom.